The Kier molecular flexibility index (Phi) is 6.66. The predicted octanol–water partition coefficient (Wildman–Crippen LogP) is 4.87. The Bertz CT molecular complexity index is 1310. The summed E-state index contributed by atoms with van der Waals surface area (Å²) in [6.07, 6.45) is 3.33. The molecule has 7 nitrogen and oxygen atoms in total. The Balaban J connectivity index is 1.36. The number of anilines is 2. The number of pyridine rings is 1. The molecule has 0 saturated heterocycles. The van der Waals surface area contributed by atoms with E-state index in [0.29, 0.717) is 17.9 Å². The van der Waals surface area contributed by atoms with Gasteiger partial charge in [-0.15, -0.1) is 0 Å². The summed E-state index contributed by atoms with van der Waals surface area (Å²) in [4.78, 5) is 16.2. The van der Waals surface area contributed by atoms with Crippen LogP contribution in [0.4, 0.5) is 16.2 Å². The van der Waals surface area contributed by atoms with E-state index in [-0.39, 0.29) is 4.90 Å². The summed E-state index contributed by atoms with van der Waals surface area (Å²) in [5, 5.41) is 5.40. The maximum absolute atomic E-state index is 12.7. The zero-order valence-corrected chi connectivity index (χ0v) is 18.4. The second-order valence-corrected chi connectivity index (χ2v) is 8.92. The van der Waals surface area contributed by atoms with Crippen molar-refractivity contribution in [2.45, 2.75) is 11.4 Å². The summed E-state index contributed by atoms with van der Waals surface area (Å²) in [6, 6.07) is 26.2. The molecule has 0 unspecified atom stereocenters. The summed E-state index contributed by atoms with van der Waals surface area (Å²) >= 11 is 0. The third kappa shape index (κ3) is 5.96. The molecular weight excluding hydrogens is 436 g/mol. The monoisotopic (exact) mass is 458 g/mol. The van der Waals surface area contributed by atoms with E-state index in [1.54, 1.807) is 30.6 Å². The molecular formula is C25H22N4O3S. The van der Waals surface area contributed by atoms with E-state index >= 15 is 0 Å². The fourth-order valence-electron chi connectivity index (χ4n) is 3.15. The van der Waals surface area contributed by atoms with Crippen LogP contribution in [-0.4, -0.2) is 19.4 Å². The van der Waals surface area contributed by atoms with Crippen LogP contribution < -0.4 is 15.4 Å². The number of rotatable bonds is 7. The molecule has 3 aromatic carbocycles. The second-order valence-electron chi connectivity index (χ2n) is 7.24. The number of carbonyl (C=O) groups excluding carboxylic acids is 1. The predicted molar refractivity (Wildman–Crippen MR) is 129 cm³/mol. The molecule has 0 saturated carbocycles. The van der Waals surface area contributed by atoms with Gasteiger partial charge in [0.15, 0.2) is 0 Å². The van der Waals surface area contributed by atoms with Gasteiger partial charge >= 0.3 is 6.03 Å². The van der Waals surface area contributed by atoms with Crippen molar-refractivity contribution >= 4 is 27.4 Å². The van der Waals surface area contributed by atoms with Crippen molar-refractivity contribution in [1.82, 2.24) is 10.3 Å². The van der Waals surface area contributed by atoms with Crippen molar-refractivity contribution in [3.63, 3.8) is 0 Å². The molecule has 8 heteroatoms. The Morgan fingerprint density at radius 2 is 1.42 bits per heavy atom. The molecule has 33 heavy (non-hydrogen) atoms. The van der Waals surface area contributed by atoms with Gasteiger partial charge in [-0.25, -0.2) is 13.2 Å². The van der Waals surface area contributed by atoms with Gasteiger partial charge in [-0.3, -0.25) is 9.71 Å². The Hall–Kier alpha value is -4.17. The molecule has 0 atom stereocenters. The number of sulfonamides is 1. The fourth-order valence-corrected chi connectivity index (χ4v) is 4.21. The van der Waals surface area contributed by atoms with Crippen LogP contribution in [0.2, 0.25) is 0 Å². The molecule has 166 valence electrons. The lowest BCUT2D eigenvalue weighted by Crippen LogP contribution is -2.28. The molecule has 2 amide bonds. The molecule has 0 spiro atoms. The lowest BCUT2D eigenvalue weighted by Gasteiger charge is -2.11. The van der Waals surface area contributed by atoms with Gasteiger partial charge in [-0.05, 0) is 59.2 Å². The average molecular weight is 459 g/mol. The summed E-state index contributed by atoms with van der Waals surface area (Å²) < 4.78 is 28.0. The third-order valence-electron chi connectivity index (χ3n) is 4.84. The lowest BCUT2D eigenvalue weighted by molar-refractivity contribution is 0.251. The highest BCUT2D eigenvalue weighted by atomic mass is 32.2. The summed E-state index contributed by atoms with van der Waals surface area (Å²) in [6.45, 7) is 0.332. The lowest BCUT2D eigenvalue weighted by atomic mass is 10.1. The van der Waals surface area contributed by atoms with Crippen molar-refractivity contribution in [1.29, 1.82) is 0 Å². The average Bonchev–Trinajstić information content (AvgIpc) is 2.84. The number of aromatic nitrogens is 1. The van der Waals surface area contributed by atoms with E-state index in [4.69, 9.17) is 0 Å². The largest absolute Gasteiger partial charge is 0.334 e. The molecule has 3 N–H and O–H groups in total. The van der Waals surface area contributed by atoms with Gasteiger partial charge in [0.05, 0.1) is 4.90 Å². The van der Waals surface area contributed by atoms with Gasteiger partial charge in [-0.2, -0.15) is 0 Å². The minimum atomic E-state index is -3.77. The Morgan fingerprint density at radius 3 is 2.09 bits per heavy atom. The first-order valence-electron chi connectivity index (χ1n) is 10.2. The SMILES string of the molecule is O=C(NCc1cccnc1)Nc1ccc(S(=O)(=O)Nc2ccc(-c3ccccc3)cc2)cc1. The number of amides is 2. The zero-order valence-electron chi connectivity index (χ0n) is 17.6. The van der Waals surface area contributed by atoms with Gasteiger partial charge < -0.3 is 10.6 Å². The van der Waals surface area contributed by atoms with Crippen LogP contribution in [0.25, 0.3) is 11.1 Å². The molecule has 1 aromatic heterocycles. The molecule has 1 heterocycles. The van der Waals surface area contributed by atoms with Crippen LogP contribution in [0, 0.1) is 0 Å². The second kappa shape index (κ2) is 9.97. The Morgan fingerprint density at radius 1 is 0.758 bits per heavy atom. The Labute approximate surface area is 192 Å². The van der Waals surface area contributed by atoms with E-state index in [2.05, 4.69) is 20.3 Å². The van der Waals surface area contributed by atoms with Gasteiger partial charge in [0.2, 0.25) is 0 Å². The van der Waals surface area contributed by atoms with Crippen molar-refractivity contribution in [3.05, 3.63) is 109 Å². The maximum Gasteiger partial charge on any atom is 0.319 e. The van der Waals surface area contributed by atoms with Crippen molar-refractivity contribution in [2.24, 2.45) is 0 Å². The fraction of sp³-hybridized carbons (Fsp3) is 0.0400. The van der Waals surface area contributed by atoms with Crippen LogP contribution in [0.3, 0.4) is 0 Å². The number of hydrogen-bond donors (Lipinski definition) is 3. The third-order valence-corrected chi connectivity index (χ3v) is 6.24. The summed E-state index contributed by atoms with van der Waals surface area (Å²) in [5.74, 6) is 0. The number of urea groups is 1. The van der Waals surface area contributed by atoms with E-state index in [1.165, 1.54) is 24.3 Å². The van der Waals surface area contributed by atoms with E-state index in [0.717, 1.165) is 16.7 Å². The van der Waals surface area contributed by atoms with E-state index in [1.807, 2.05) is 48.5 Å². The molecule has 0 radical (unpaired) electrons. The number of benzene rings is 3. The molecule has 0 aliphatic heterocycles. The molecule has 0 fully saturated rings. The van der Waals surface area contributed by atoms with Crippen LogP contribution in [0.5, 0.6) is 0 Å². The molecule has 4 aromatic rings. The van der Waals surface area contributed by atoms with Crippen LogP contribution in [0.1, 0.15) is 5.56 Å². The number of nitrogens with one attached hydrogen (secondary N) is 3. The highest BCUT2D eigenvalue weighted by Gasteiger charge is 2.14. The minimum absolute atomic E-state index is 0.0935. The van der Waals surface area contributed by atoms with Crippen molar-refractivity contribution < 1.29 is 13.2 Å². The maximum atomic E-state index is 12.7. The number of hydrogen-bond acceptors (Lipinski definition) is 4. The van der Waals surface area contributed by atoms with Crippen LogP contribution in [-0.2, 0) is 16.6 Å². The van der Waals surface area contributed by atoms with Crippen LogP contribution in [0.15, 0.2) is 108 Å². The standard InChI is InChI=1S/C25H22N4O3S/c30-25(27-18-19-5-4-16-26-17-19)28-22-12-14-24(15-13-22)33(31,32)29-23-10-8-21(9-11-23)20-6-2-1-3-7-20/h1-17,29H,18H2,(H2,27,28,30). The van der Waals surface area contributed by atoms with Crippen LogP contribution >= 0.6 is 0 Å². The zero-order chi connectivity index (χ0) is 23.1. The van der Waals surface area contributed by atoms with Gasteiger partial charge in [-0.1, -0.05) is 48.5 Å². The highest BCUT2D eigenvalue weighted by molar-refractivity contribution is 7.92. The van der Waals surface area contributed by atoms with E-state index in [9.17, 15) is 13.2 Å². The highest BCUT2D eigenvalue weighted by Crippen LogP contribution is 2.23. The number of carbonyl (C=O) groups is 1. The normalized spacial score (nSPS) is 10.9. The quantitative estimate of drug-likeness (QED) is 0.368. The molecule has 4 rings (SSSR count). The first-order valence-corrected chi connectivity index (χ1v) is 11.7. The van der Waals surface area contributed by atoms with Gasteiger partial charge in [0.1, 0.15) is 0 Å². The topological polar surface area (TPSA) is 100 Å². The first-order chi connectivity index (χ1) is 16.0. The van der Waals surface area contributed by atoms with Crippen molar-refractivity contribution in [2.75, 3.05) is 10.0 Å². The van der Waals surface area contributed by atoms with Gasteiger partial charge in [0.25, 0.3) is 10.0 Å². The summed E-state index contributed by atoms with van der Waals surface area (Å²) in [7, 11) is -3.77. The summed E-state index contributed by atoms with van der Waals surface area (Å²) in [5.41, 5.74) is 3.86. The van der Waals surface area contributed by atoms with Crippen molar-refractivity contribution in [3.8, 4) is 11.1 Å². The van der Waals surface area contributed by atoms with Gasteiger partial charge in [0, 0.05) is 30.3 Å². The minimum Gasteiger partial charge on any atom is -0.334 e. The first kappa shape index (κ1) is 22.0. The van der Waals surface area contributed by atoms with E-state index < -0.39 is 16.1 Å². The smallest absolute Gasteiger partial charge is 0.319 e. The molecule has 0 aliphatic carbocycles. The molecule has 0 bridgehead atoms. The molecule has 0 aliphatic rings. The number of nitrogens with zero attached hydrogens (tertiary/aromatic N) is 1.